The summed E-state index contributed by atoms with van der Waals surface area (Å²) in [6.45, 7) is 3.79. The van der Waals surface area contributed by atoms with E-state index in [1.54, 1.807) is 18.3 Å². The number of aromatic nitrogens is 2. The van der Waals surface area contributed by atoms with Gasteiger partial charge in [0.1, 0.15) is 11.6 Å². The molecule has 5 heteroatoms. The van der Waals surface area contributed by atoms with Gasteiger partial charge in [0.2, 0.25) is 5.95 Å². The Morgan fingerprint density at radius 3 is 2.62 bits per heavy atom. The number of unbranched alkanes of at least 4 members (excludes halogenated alkanes) is 1. The van der Waals surface area contributed by atoms with Gasteiger partial charge in [0, 0.05) is 19.3 Å². The van der Waals surface area contributed by atoms with Crippen LogP contribution in [-0.4, -0.2) is 23.1 Å². The van der Waals surface area contributed by atoms with Crippen molar-refractivity contribution in [1.82, 2.24) is 9.97 Å². The van der Waals surface area contributed by atoms with Crippen molar-refractivity contribution >= 4 is 11.8 Å². The van der Waals surface area contributed by atoms with Crippen LogP contribution < -0.4 is 10.6 Å². The Bertz CT molecular complexity index is 542. The number of halogens is 1. The van der Waals surface area contributed by atoms with Crippen LogP contribution in [0.2, 0.25) is 0 Å². The summed E-state index contributed by atoms with van der Waals surface area (Å²) >= 11 is 0. The van der Waals surface area contributed by atoms with E-state index in [2.05, 4.69) is 27.5 Å². The molecule has 0 fully saturated rings. The van der Waals surface area contributed by atoms with Crippen LogP contribution in [0.4, 0.5) is 16.2 Å². The molecule has 0 atom stereocenters. The van der Waals surface area contributed by atoms with Crippen LogP contribution in [0.1, 0.15) is 25.3 Å². The van der Waals surface area contributed by atoms with Gasteiger partial charge in [-0.3, -0.25) is 0 Å². The van der Waals surface area contributed by atoms with Crippen LogP contribution >= 0.6 is 0 Å². The smallest absolute Gasteiger partial charge is 0.224 e. The molecule has 0 spiro atoms. The van der Waals surface area contributed by atoms with Gasteiger partial charge < -0.3 is 10.6 Å². The van der Waals surface area contributed by atoms with Gasteiger partial charge in [0.15, 0.2) is 0 Å². The van der Waals surface area contributed by atoms with E-state index in [0.29, 0.717) is 12.5 Å². The van der Waals surface area contributed by atoms with Crippen molar-refractivity contribution in [3.63, 3.8) is 0 Å². The Kier molecular flexibility index (Phi) is 5.94. The lowest BCUT2D eigenvalue weighted by molar-refractivity contribution is 0.627. The van der Waals surface area contributed by atoms with Gasteiger partial charge >= 0.3 is 0 Å². The second-order valence-electron chi connectivity index (χ2n) is 4.85. The summed E-state index contributed by atoms with van der Waals surface area (Å²) in [7, 11) is 0. The molecule has 4 nitrogen and oxygen atoms in total. The highest BCUT2D eigenvalue weighted by Gasteiger charge is 1.99. The first kappa shape index (κ1) is 15.2. The Morgan fingerprint density at radius 1 is 1.05 bits per heavy atom. The average molecular weight is 288 g/mol. The molecule has 2 N–H and O–H groups in total. The zero-order valence-corrected chi connectivity index (χ0v) is 12.3. The molecule has 1 aromatic carbocycles. The Balaban J connectivity index is 1.79. The lowest BCUT2D eigenvalue weighted by Crippen LogP contribution is -2.10. The third kappa shape index (κ3) is 5.38. The molecule has 0 aliphatic heterocycles. The SMILES string of the molecule is CCCCNc1ccnc(NCCc2ccc(F)cc2)n1. The van der Waals surface area contributed by atoms with E-state index in [1.165, 1.54) is 12.1 Å². The van der Waals surface area contributed by atoms with Crippen molar-refractivity contribution in [2.75, 3.05) is 23.7 Å². The van der Waals surface area contributed by atoms with Crippen molar-refractivity contribution in [3.8, 4) is 0 Å². The van der Waals surface area contributed by atoms with E-state index in [9.17, 15) is 4.39 Å². The maximum Gasteiger partial charge on any atom is 0.224 e. The molecule has 2 aromatic rings. The van der Waals surface area contributed by atoms with Crippen molar-refractivity contribution < 1.29 is 4.39 Å². The van der Waals surface area contributed by atoms with Gasteiger partial charge in [-0.15, -0.1) is 0 Å². The lowest BCUT2D eigenvalue weighted by atomic mass is 10.1. The normalized spacial score (nSPS) is 10.4. The largest absolute Gasteiger partial charge is 0.370 e. The molecule has 0 unspecified atom stereocenters. The van der Waals surface area contributed by atoms with Crippen molar-refractivity contribution in [3.05, 3.63) is 47.9 Å². The number of hydrogen-bond donors (Lipinski definition) is 2. The van der Waals surface area contributed by atoms with Gasteiger partial charge in [-0.1, -0.05) is 25.5 Å². The second kappa shape index (κ2) is 8.19. The topological polar surface area (TPSA) is 49.8 Å². The molecule has 0 aliphatic carbocycles. The zero-order chi connectivity index (χ0) is 14.9. The maximum absolute atomic E-state index is 12.8. The van der Waals surface area contributed by atoms with Gasteiger partial charge in [0.25, 0.3) is 0 Å². The molecule has 0 radical (unpaired) electrons. The van der Waals surface area contributed by atoms with Crippen LogP contribution in [-0.2, 0) is 6.42 Å². The molecular formula is C16H21FN4. The summed E-state index contributed by atoms with van der Waals surface area (Å²) in [4.78, 5) is 8.59. The fourth-order valence-electron chi connectivity index (χ4n) is 1.91. The number of nitrogens with one attached hydrogen (secondary N) is 2. The molecule has 0 saturated carbocycles. The summed E-state index contributed by atoms with van der Waals surface area (Å²) < 4.78 is 12.8. The number of rotatable bonds is 8. The monoisotopic (exact) mass is 288 g/mol. The summed E-state index contributed by atoms with van der Waals surface area (Å²) in [5, 5.41) is 6.45. The lowest BCUT2D eigenvalue weighted by Gasteiger charge is -2.08. The maximum atomic E-state index is 12.8. The van der Waals surface area contributed by atoms with Crippen LogP contribution in [0.3, 0.4) is 0 Å². The van der Waals surface area contributed by atoms with E-state index >= 15 is 0 Å². The molecular weight excluding hydrogens is 267 g/mol. The van der Waals surface area contributed by atoms with E-state index in [0.717, 1.165) is 37.2 Å². The zero-order valence-electron chi connectivity index (χ0n) is 12.3. The molecule has 0 amide bonds. The second-order valence-corrected chi connectivity index (χ2v) is 4.85. The Hall–Kier alpha value is -2.17. The third-order valence-corrected chi connectivity index (χ3v) is 3.10. The first-order valence-electron chi connectivity index (χ1n) is 7.33. The highest BCUT2D eigenvalue weighted by Crippen LogP contribution is 2.07. The molecule has 21 heavy (non-hydrogen) atoms. The highest BCUT2D eigenvalue weighted by molar-refractivity contribution is 5.39. The average Bonchev–Trinajstić information content (AvgIpc) is 2.50. The predicted molar refractivity (Wildman–Crippen MR) is 84.0 cm³/mol. The van der Waals surface area contributed by atoms with Gasteiger partial charge in [-0.2, -0.15) is 4.98 Å². The predicted octanol–water partition coefficient (Wildman–Crippen LogP) is 3.48. The molecule has 0 bridgehead atoms. The number of benzene rings is 1. The fourth-order valence-corrected chi connectivity index (χ4v) is 1.91. The number of nitrogens with zero attached hydrogens (tertiary/aromatic N) is 2. The van der Waals surface area contributed by atoms with Crippen LogP contribution in [0, 0.1) is 5.82 Å². The molecule has 2 rings (SSSR count). The minimum atomic E-state index is -0.208. The van der Waals surface area contributed by atoms with Crippen molar-refractivity contribution in [2.45, 2.75) is 26.2 Å². The standard InChI is InChI=1S/C16H21FN4/c1-2-3-10-18-15-9-12-20-16(21-15)19-11-8-13-4-6-14(17)7-5-13/h4-7,9,12H,2-3,8,10-11H2,1H3,(H2,18,19,20,21). The Morgan fingerprint density at radius 2 is 1.86 bits per heavy atom. The minimum absolute atomic E-state index is 0.208. The van der Waals surface area contributed by atoms with E-state index < -0.39 is 0 Å². The van der Waals surface area contributed by atoms with E-state index in [-0.39, 0.29) is 5.82 Å². The third-order valence-electron chi connectivity index (χ3n) is 3.10. The Labute approximate surface area is 124 Å². The molecule has 1 aromatic heterocycles. The van der Waals surface area contributed by atoms with Crippen molar-refractivity contribution in [2.24, 2.45) is 0 Å². The van der Waals surface area contributed by atoms with E-state index in [1.807, 2.05) is 6.07 Å². The van der Waals surface area contributed by atoms with Crippen molar-refractivity contribution in [1.29, 1.82) is 0 Å². The first-order chi connectivity index (χ1) is 10.3. The first-order valence-corrected chi connectivity index (χ1v) is 7.33. The fraction of sp³-hybridized carbons (Fsp3) is 0.375. The highest BCUT2D eigenvalue weighted by atomic mass is 19.1. The van der Waals surface area contributed by atoms with Gasteiger partial charge in [-0.05, 0) is 36.6 Å². The van der Waals surface area contributed by atoms with Crippen LogP contribution in [0.15, 0.2) is 36.5 Å². The minimum Gasteiger partial charge on any atom is -0.370 e. The van der Waals surface area contributed by atoms with Crippen LogP contribution in [0.25, 0.3) is 0 Å². The molecule has 0 saturated heterocycles. The summed E-state index contributed by atoms with van der Waals surface area (Å²) in [5.41, 5.74) is 1.08. The number of anilines is 2. The van der Waals surface area contributed by atoms with Gasteiger partial charge in [0.05, 0.1) is 0 Å². The van der Waals surface area contributed by atoms with E-state index in [4.69, 9.17) is 0 Å². The van der Waals surface area contributed by atoms with Crippen LogP contribution in [0.5, 0.6) is 0 Å². The molecule has 0 aliphatic rings. The summed E-state index contributed by atoms with van der Waals surface area (Å²) in [6.07, 6.45) is 4.82. The van der Waals surface area contributed by atoms with Gasteiger partial charge in [-0.25, -0.2) is 9.37 Å². The summed E-state index contributed by atoms with van der Waals surface area (Å²) in [6, 6.07) is 8.40. The molecule has 112 valence electrons. The number of hydrogen-bond acceptors (Lipinski definition) is 4. The quantitative estimate of drug-likeness (QED) is 0.730. The summed E-state index contributed by atoms with van der Waals surface area (Å²) in [5.74, 6) is 1.24. The molecule has 1 heterocycles.